The second-order valence-electron chi connectivity index (χ2n) is 12.1. The van der Waals surface area contributed by atoms with E-state index in [0.29, 0.717) is 23.8 Å². The minimum atomic E-state index is -0.943. The van der Waals surface area contributed by atoms with Gasteiger partial charge in [0.25, 0.3) is 5.56 Å². The summed E-state index contributed by atoms with van der Waals surface area (Å²) in [6.07, 6.45) is 14.0. The monoisotopic (exact) mass is 520 g/mol. The van der Waals surface area contributed by atoms with Crippen molar-refractivity contribution in [2.24, 2.45) is 17.0 Å². The molecule has 4 aliphatic rings. The van der Waals surface area contributed by atoms with Crippen LogP contribution < -0.4 is 5.56 Å². The smallest absolute Gasteiger partial charge is 0.303 e. The van der Waals surface area contributed by atoms with Gasteiger partial charge in [-0.15, -0.1) is 0 Å². The number of nitrogens with zero attached hydrogens (tertiary/aromatic N) is 4. The molecule has 2 saturated heterocycles. The van der Waals surface area contributed by atoms with Crippen LogP contribution in [0, 0.1) is 11.8 Å². The van der Waals surface area contributed by atoms with Crippen LogP contribution in [0.1, 0.15) is 95.2 Å². The van der Waals surface area contributed by atoms with Crippen LogP contribution in [0.4, 0.5) is 0 Å². The number of para-hydroxylation sites is 2. The van der Waals surface area contributed by atoms with Gasteiger partial charge >= 0.3 is 5.97 Å². The summed E-state index contributed by atoms with van der Waals surface area (Å²) in [6, 6.07) is 9.62. The third-order valence-corrected chi connectivity index (χ3v) is 9.74. The molecule has 0 amide bonds. The van der Waals surface area contributed by atoms with Gasteiger partial charge < -0.3 is 14.5 Å². The van der Waals surface area contributed by atoms with Crippen LogP contribution in [-0.4, -0.2) is 56.5 Å². The number of oxime groups is 1. The normalized spacial score (nSPS) is 31.8. The van der Waals surface area contributed by atoms with Gasteiger partial charge in [-0.05, 0) is 68.9 Å². The third-order valence-electron chi connectivity index (χ3n) is 9.74. The second kappa shape index (κ2) is 10.8. The largest absolute Gasteiger partial charge is 0.481 e. The molecular formula is C30H40N4O4. The topological polar surface area (TPSA) is 97.0 Å². The molecule has 6 rings (SSSR count). The summed E-state index contributed by atoms with van der Waals surface area (Å²) >= 11 is 0. The first kappa shape index (κ1) is 25.5. The average Bonchev–Trinajstić information content (AvgIpc) is 2.90. The van der Waals surface area contributed by atoms with Crippen molar-refractivity contribution < 1.29 is 14.7 Å². The molecule has 2 aromatic rings. The Kier molecular flexibility index (Phi) is 7.25. The number of carbonyl (C=O) groups is 1. The van der Waals surface area contributed by atoms with Crippen molar-refractivity contribution >= 4 is 22.7 Å². The third kappa shape index (κ3) is 4.88. The van der Waals surface area contributed by atoms with Crippen LogP contribution in [0.25, 0.3) is 11.0 Å². The summed E-state index contributed by atoms with van der Waals surface area (Å²) in [4.78, 5) is 38.0. The fourth-order valence-corrected chi connectivity index (χ4v) is 8.38. The van der Waals surface area contributed by atoms with E-state index in [0.717, 1.165) is 35.7 Å². The zero-order valence-electron chi connectivity index (χ0n) is 22.4. The van der Waals surface area contributed by atoms with Crippen molar-refractivity contribution in [3.63, 3.8) is 0 Å². The Morgan fingerprint density at radius 2 is 1.63 bits per heavy atom. The minimum absolute atomic E-state index is 0.0899. The summed E-state index contributed by atoms with van der Waals surface area (Å²) in [6.45, 7) is 0. The lowest BCUT2D eigenvalue weighted by molar-refractivity contribution is -0.136. The molecule has 8 heteroatoms. The highest BCUT2D eigenvalue weighted by Crippen LogP contribution is 2.47. The Bertz CT molecular complexity index is 1250. The van der Waals surface area contributed by atoms with Crippen LogP contribution in [0.3, 0.4) is 0 Å². The van der Waals surface area contributed by atoms with E-state index >= 15 is 0 Å². The molecular weight excluding hydrogens is 480 g/mol. The molecule has 1 unspecified atom stereocenters. The van der Waals surface area contributed by atoms with E-state index < -0.39 is 5.97 Å². The Balaban J connectivity index is 1.35. The van der Waals surface area contributed by atoms with Gasteiger partial charge in [-0.1, -0.05) is 43.0 Å². The molecule has 0 radical (unpaired) electrons. The van der Waals surface area contributed by atoms with Gasteiger partial charge in [-0.3, -0.25) is 14.5 Å². The van der Waals surface area contributed by atoms with Gasteiger partial charge in [-0.25, -0.2) is 4.98 Å². The molecule has 38 heavy (non-hydrogen) atoms. The molecule has 1 N–H and O–H groups in total. The van der Waals surface area contributed by atoms with Gasteiger partial charge in [-0.2, -0.15) is 0 Å². The van der Waals surface area contributed by atoms with E-state index in [-0.39, 0.29) is 30.1 Å². The maximum absolute atomic E-state index is 14.1. The van der Waals surface area contributed by atoms with Crippen molar-refractivity contribution in [1.29, 1.82) is 0 Å². The number of aliphatic carboxylic acids is 1. The quantitative estimate of drug-likeness (QED) is 0.401. The number of aromatic nitrogens is 2. The molecule has 6 atom stereocenters. The number of carboxylic acids is 1. The van der Waals surface area contributed by atoms with E-state index in [1.165, 1.54) is 64.9 Å². The van der Waals surface area contributed by atoms with Gasteiger partial charge in [0.15, 0.2) is 5.69 Å². The zero-order chi connectivity index (χ0) is 26.2. The molecule has 8 nitrogen and oxygen atoms in total. The van der Waals surface area contributed by atoms with Crippen LogP contribution in [-0.2, 0) is 9.63 Å². The zero-order valence-corrected chi connectivity index (χ0v) is 22.4. The van der Waals surface area contributed by atoms with Crippen molar-refractivity contribution in [1.82, 2.24) is 14.5 Å². The first-order chi connectivity index (χ1) is 18.5. The lowest BCUT2D eigenvalue weighted by Crippen LogP contribution is -2.58. The SMILES string of the molecule is CO/N=C(\CCC(=O)O)c1nc2ccccc2n([C@H]2C[C@H]3CCC[C@@H](C2)N3[C@@H]2CC3CCC[C@H](C3)C2)c1=O. The second-order valence-corrected chi connectivity index (χ2v) is 12.1. The Labute approximate surface area is 224 Å². The van der Waals surface area contributed by atoms with Crippen molar-refractivity contribution in [3.05, 3.63) is 40.3 Å². The van der Waals surface area contributed by atoms with E-state index in [2.05, 4.69) is 15.0 Å². The summed E-state index contributed by atoms with van der Waals surface area (Å²) in [5.74, 6) is 0.871. The minimum Gasteiger partial charge on any atom is -0.481 e. The number of rotatable bonds is 7. The Morgan fingerprint density at radius 3 is 2.32 bits per heavy atom. The summed E-state index contributed by atoms with van der Waals surface area (Å²) in [7, 11) is 1.41. The molecule has 2 aliphatic heterocycles. The van der Waals surface area contributed by atoms with Crippen molar-refractivity contribution in [2.45, 2.75) is 108 Å². The molecule has 2 aliphatic carbocycles. The fraction of sp³-hybridized carbons (Fsp3) is 0.667. The first-order valence-electron chi connectivity index (χ1n) is 14.6. The van der Waals surface area contributed by atoms with E-state index in [4.69, 9.17) is 4.84 Å². The van der Waals surface area contributed by atoms with Crippen LogP contribution in [0.15, 0.2) is 34.2 Å². The number of benzene rings is 1. The standard InChI is InChI=1S/C30H40N4O4/c1-38-32-26(12-13-28(35)36)29-30(37)34(27-11-3-2-10-25(27)31-29)24-17-21-8-5-9-22(18-24)33(21)23-15-19-6-4-7-20(14-19)16-23/h2-3,10-11,19-24H,4-9,12-18H2,1H3,(H,35,36)/b32-26+/t19-,20?,21-,22+,23+,24+/m1/s1. The van der Waals surface area contributed by atoms with Gasteiger partial charge in [0.05, 0.1) is 17.5 Å². The maximum Gasteiger partial charge on any atom is 0.303 e. The lowest BCUT2D eigenvalue weighted by Gasteiger charge is -2.55. The maximum atomic E-state index is 14.1. The van der Waals surface area contributed by atoms with Gasteiger partial charge in [0.2, 0.25) is 0 Å². The van der Waals surface area contributed by atoms with E-state index in [9.17, 15) is 14.7 Å². The Hall–Kier alpha value is -2.74. The predicted molar refractivity (Wildman–Crippen MR) is 146 cm³/mol. The number of carboxylic acid groups (broad SMARTS) is 1. The highest BCUT2D eigenvalue weighted by molar-refractivity contribution is 6.00. The number of hydrogen-bond donors (Lipinski definition) is 1. The van der Waals surface area contributed by atoms with E-state index in [1.807, 2.05) is 28.8 Å². The van der Waals surface area contributed by atoms with Crippen LogP contribution in [0.2, 0.25) is 0 Å². The molecule has 1 aromatic carbocycles. The Morgan fingerprint density at radius 1 is 0.947 bits per heavy atom. The molecule has 4 bridgehead atoms. The van der Waals surface area contributed by atoms with Crippen molar-refractivity contribution in [3.8, 4) is 0 Å². The number of piperidine rings is 2. The average molecular weight is 521 g/mol. The first-order valence-corrected chi connectivity index (χ1v) is 14.6. The molecule has 1 aromatic heterocycles. The van der Waals surface area contributed by atoms with Crippen molar-refractivity contribution in [2.75, 3.05) is 7.11 Å². The van der Waals surface area contributed by atoms with Gasteiger partial charge in [0, 0.05) is 30.6 Å². The highest BCUT2D eigenvalue weighted by Gasteiger charge is 2.45. The predicted octanol–water partition coefficient (Wildman–Crippen LogP) is 5.14. The van der Waals surface area contributed by atoms with Crippen LogP contribution in [0.5, 0.6) is 0 Å². The summed E-state index contributed by atoms with van der Waals surface area (Å²) in [5.41, 5.74) is 1.90. The molecule has 4 fully saturated rings. The van der Waals surface area contributed by atoms with Gasteiger partial charge in [0.1, 0.15) is 12.8 Å². The lowest BCUT2D eigenvalue weighted by atomic mass is 9.68. The number of fused-ring (bicyclic) bond motifs is 5. The summed E-state index contributed by atoms with van der Waals surface area (Å²) < 4.78 is 1.96. The molecule has 204 valence electrons. The fourth-order valence-electron chi connectivity index (χ4n) is 8.38. The molecule has 0 spiro atoms. The van der Waals surface area contributed by atoms with E-state index in [1.54, 1.807) is 0 Å². The molecule has 2 saturated carbocycles. The summed E-state index contributed by atoms with van der Waals surface area (Å²) in [5, 5.41) is 13.3. The van der Waals surface area contributed by atoms with Crippen LogP contribution >= 0.6 is 0 Å². The highest BCUT2D eigenvalue weighted by atomic mass is 16.6. The molecule has 3 heterocycles. The number of hydrogen-bond acceptors (Lipinski definition) is 6.